The number of nitrogens with zero attached hydrogens (tertiary/aromatic N) is 2. The lowest BCUT2D eigenvalue weighted by atomic mass is 9.72. The van der Waals surface area contributed by atoms with Crippen LogP contribution in [0.5, 0.6) is 0 Å². The maximum atomic E-state index is 13.5. The van der Waals surface area contributed by atoms with Gasteiger partial charge in [-0.05, 0) is 47.1 Å². The van der Waals surface area contributed by atoms with E-state index in [4.69, 9.17) is 9.26 Å². The highest BCUT2D eigenvalue weighted by Crippen LogP contribution is 2.47. The average molecular weight is 507 g/mol. The summed E-state index contributed by atoms with van der Waals surface area (Å²) in [6.45, 7) is 0.316. The Balaban J connectivity index is 1.08. The molecule has 6 nitrogen and oxygen atoms in total. The lowest BCUT2D eigenvalue weighted by molar-refractivity contribution is -0.0890. The van der Waals surface area contributed by atoms with Crippen molar-refractivity contribution in [1.29, 1.82) is 0 Å². The SMILES string of the molecule is O=C(OCC1c2ccccc2-c2ccccc21)N1C2CCCC1CC(O)(c1ccc(-c3ccno3)cc1)C2. The third-order valence-corrected chi connectivity index (χ3v) is 8.70. The first-order valence-corrected chi connectivity index (χ1v) is 13.5. The normalized spacial score (nSPS) is 24.1. The zero-order valence-electron chi connectivity index (χ0n) is 21.1. The fraction of sp³-hybridized carbons (Fsp3) is 0.312. The highest BCUT2D eigenvalue weighted by molar-refractivity contribution is 5.79. The molecule has 192 valence electrons. The number of aliphatic hydroxyl groups is 1. The smallest absolute Gasteiger partial charge is 0.410 e. The van der Waals surface area contributed by atoms with Gasteiger partial charge in [0, 0.05) is 42.5 Å². The van der Waals surface area contributed by atoms with Gasteiger partial charge in [0.2, 0.25) is 0 Å². The number of fused-ring (bicyclic) bond motifs is 5. The Kier molecular flexibility index (Phi) is 5.59. The number of aromatic nitrogens is 1. The number of carbonyl (C=O) groups is 1. The minimum absolute atomic E-state index is 0.0378. The summed E-state index contributed by atoms with van der Waals surface area (Å²) in [6.07, 6.45) is 5.19. The van der Waals surface area contributed by atoms with Crippen molar-refractivity contribution in [2.45, 2.75) is 55.7 Å². The van der Waals surface area contributed by atoms with Crippen molar-refractivity contribution < 1.29 is 19.2 Å². The number of rotatable bonds is 4. The quantitative estimate of drug-likeness (QED) is 0.342. The van der Waals surface area contributed by atoms with E-state index in [0.717, 1.165) is 30.4 Å². The molecule has 3 aliphatic rings. The molecule has 0 radical (unpaired) electrons. The van der Waals surface area contributed by atoms with Crippen LogP contribution in [0, 0.1) is 0 Å². The zero-order valence-corrected chi connectivity index (χ0v) is 21.1. The number of carbonyl (C=O) groups excluding carboxylic acids is 1. The predicted molar refractivity (Wildman–Crippen MR) is 143 cm³/mol. The number of piperidine rings is 2. The second-order valence-electron chi connectivity index (χ2n) is 10.8. The van der Waals surface area contributed by atoms with E-state index < -0.39 is 5.60 Å². The zero-order chi connectivity index (χ0) is 25.7. The van der Waals surface area contributed by atoms with Crippen molar-refractivity contribution in [2.75, 3.05) is 6.61 Å². The molecule has 2 aliphatic heterocycles. The van der Waals surface area contributed by atoms with Crippen LogP contribution in [0.1, 0.15) is 54.7 Å². The van der Waals surface area contributed by atoms with Crippen molar-refractivity contribution in [3.63, 3.8) is 0 Å². The third-order valence-electron chi connectivity index (χ3n) is 8.70. The first-order chi connectivity index (χ1) is 18.6. The summed E-state index contributed by atoms with van der Waals surface area (Å²) < 4.78 is 11.3. The molecule has 4 aromatic rings. The lowest BCUT2D eigenvalue weighted by Crippen LogP contribution is -2.59. The second-order valence-corrected chi connectivity index (χ2v) is 10.8. The average Bonchev–Trinajstić information content (AvgIpc) is 3.59. The molecule has 2 atom stereocenters. The van der Waals surface area contributed by atoms with Crippen LogP contribution < -0.4 is 0 Å². The molecule has 1 amide bonds. The molecule has 2 unspecified atom stereocenters. The molecule has 1 N–H and O–H groups in total. The van der Waals surface area contributed by atoms with E-state index in [1.54, 1.807) is 6.20 Å². The molecule has 2 fully saturated rings. The number of hydrogen-bond acceptors (Lipinski definition) is 5. The number of hydrogen-bond donors (Lipinski definition) is 1. The van der Waals surface area contributed by atoms with Crippen molar-refractivity contribution >= 4 is 6.09 Å². The highest BCUT2D eigenvalue weighted by atomic mass is 16.6. The van der Waals surface area contributed by atoms with Crippen LogP contribution in [0.2, 0.25) is 0 Å². The molecule has 6 heteroatoms. The summed E-state index contributed by atoms with van der Waals surface area (Å²) >= 11 is 0. The van der Waals surface area contributed by atoms with E-state index in [1.807, 2.05) is 47.4 Å². The van der Waals surface area contributed by atoms with Gasteiger partial charge in [0.15, 0.2) is 5.76 Å². The number of benzene rings is 3. The predicted octanol–water partition coefficient (Wildman–Crippen LogP) is 6.50. The first-order valence-electron chi connectivity index (χ1n) is 13.5. The maximum absolute atomic E-state index is 13.5. The summed E-state index contributed by atoms with van der Waals surface area (Å²) in [4.78, 5) is 15.4. The van der Waals surface area contributed by atoms with Gasteiger partial charge in [-0.1, -0.05) is 78.0 Å². The van der Waals surface area contributed by atoms with Crippen LogP contribution in [-0.4, -0.2) is 39.9 Å². The van der Waals surface area contributed by atoms with E-state index in [0.29, 0.717) is 25.2 Å². The number of amides is 1. The Hall–Kier alpha value is -3.90. The summed E-state index contributed by atoms with van der Waals surface area (Å²) in [5.74, 6) is 0.737. The van der Waals surface area contributed by atoms with Gasteiger partial charge >= 0.3 is 6.09 Å². The topological polar surface area (TPSA) is 75.8 Å². The standard InChI is InChI=1S/C32H30N2O4/c35-31(37-20-29-27-10-3-1-8-25(27)26-9-2-4-11-28(26)29)34-23-6-5-7-24(34)19-32(36,18-23)22-14-12-21(13-15-22)30-16-17-33-38-30/h1-4,8-17,23-24,29,36H,5-7,18-20H2. The Morgan fingerprint density at radius 1 is 0.921 bits per heavy atom. The van der Waals surface area contributed by atoms with Gasteiger partial charge in [0.1, 0.15) is 6.61 Å². The molecule has 2 bridgehead atoms. The van der Waals surface area contributed by atoms with Crippen LogP contribution >= 0.6 is 0 Å². The highest BCUT2D eigenvalue weighted by Gasteiger charge is 2.48. The minimum atomic E-state index is -0.976. The van der Waals surface area contributed by atoms with Gasteiger partial charge < -0.3 is 19.3 Å². The second kappa shape index (κ2) is 9.14. The fourth-order valence-corrected chi connectivity index (χ4v) is 6.94. The molecule has 2 saturated heterocycles. The molecular weight excluding hydrogens is 476 g/mol. The fourth-order valence-electron chi connectivity index (χ4n) is 6.94. The van der Waals surface area contributed by atoms with Gasteiger partial charge in [-0.25, -0.2) is 4.79 Å². The van der Waals surface area contributed by atoms with E-state index in [9.17, 15) is 9.90 Å². The van der Waals surface area contributed by atoms with Gasteiger partial charge in [-0.15, -0.1) is 0 Å². The lowest BCUT2D eigenvalue weighted by Gasteiger charge is -2.51. The van der Waals surface area contributed by atoms with Gasteiger partial charge in [0.25, 0.3) is 0 Å². The third kappa shape index (κ3) is 3.82. The van der Waals surface area contributed by atoms with Gasteiger partial charge in [-0.2, -0.15) is 0 Å². The molecule has 0 spiro atoms. The molecule has 0 saturated carbocycles. The van der Waals surface area contributed by atoms with Gasteiger partial charge in [0.05, 0.1) is 11.8 Å². The van der Waals surface area contributed by atoms with E-state index in [2.05, 4.69) is 41.6 Å². The summed E-state index contributed by atoms with van der Waals surface area (Å²) in [6, 6.07) is 26.4. The molecule has 1 aromatic heterocycles. The van der Waals surface area contributed by atoms with Crippen LogP contribution in [0.4, 0.5) is 4.79 Å². The van der Waals surface area contributed by atoms with E-state index >= 15 is 0 Å². The van der Waals surface area contributed by atoms with Crippen LogP contribution in [0.15, 0.2) is 89.6 Å². The molecular formula is C32H30N2O4. The maximum Gasteiger partial charge on any atom is 0.410 e. The van der Waals surface area contributed by atoms with Gasteiger partial charge in [-0.3, -0.25) is 0 Å². The Morgan fingerprint density at radius 3 is 2.16 bits per heavy atom. The van der Waals surface area contributed by atoms with Crippen molar-refractivity contribution in [3.8, 4) is 22.5 Å². The Labute approximate surface area is 221 Å². The van der Waals surface area contributed by atoms with Crippen LogP contribution in [0.25, 0.3) is 22.5 Å². The molecule has 7 rings (SSSR count). The monoisotopic (exact) mass is 506 g/mol. The van der Waals surface area contributed by atoms with Crippen LogP contribution in [-0.2, 0) is 10.3 Å². The summed E-state index contributed by atoms with van der Waals surface area (Å²) in [5.41, 5.74) is 5.69. The molecule has 1 aliphatic carbocycles. The Bertz CT molecular complexity index is 1400. The summed E-state index contributed by atoms with van der Waals surface area (Å²) in [7, 11) is 0. The van der Waals surface area contributed by atoms with E-state index in [1.165, 1.54) is 22.3 Å². The first kappa shape index (κ1) is 23.2. The largest absolute Gasteiger partial charge is 0.448 e. The van der Waals surface area contributed by atoms with Crippen molar-refractivity contribution in [1.82, 2.24) is 10.1 Å². The van der Waals surface area contributed by atoms with Crippen molar-refractivity contribution in [2.24, 2.45) is 0 Å². The number of ether oxygens (including phenoxy) is 1. The van der Waals surface area contributed by atoms with Crippen LogP contribution in [0.3, 0.4) is 0 Å². The minimum Gasteiger partial charge on any atom is -0.448 e. The summed E-state index contributed by atoms with van der Waals surface area (Å²) in [5, 5.41) is 15.6. The molecule has 38 heavy (non-hydrogen) atoms. The van der Waals surface area contributed by atoms with E-state index in [-0.39, 0.29) is 24.1 Å². The Morgan fingerprint density at radius 2 is 1.55 bits per heavy atom. The van der Waals surface area contributed by atoms with Crippen molar-refractivity contribution in [3.05, 3.63) is 102 Å². The molecule has 3 heterocycles. The molecule has 3 aromatic carbocycles.